The number of likely N-dealkylation sites (tertiary alicyclic amines) is 1. The van der Waals surface area contributed by atoms with E-state index in [9.17, 15) is 9.90 Å². The maximum atomic E-state index is 11.7. The number of aryl methyl sites for hydroxylation is 1. The van der Waals surface area contributed by atoms with E-state index >= 15 is 0 Å². The number of aliphatic carboxylic acids is 1. The van der Waals surface area contributed by atoms with Crippen molar-refractivity contribution in [1.82, 2.24) is 4.90 Å². The van der Waals surface area contributed by atoms with E-state index in [1.165, 1.54) is 11.1 Å². The normalized spacial score (nSPS) is 19.7. The molecule has 120 valence electrons. The summed E-state index contributed by atoms with van der Waals surface area (Å²) in [6.07, 6.45) is 1.64. The van der Waals surface area contributed by atoms with Gasteiger partial charge in [0.25, 0.3) is 0 Å². The lowest BCUT2D eigenvalue weighted by Gasteiger charge is -2.33. The second kappa shape index (κ2) is 6.85. The quantitative estimate of drug-likeness (QED) is 0.863. The Morgan fingerprint density at radius 3 is 2.74 bits per heavy atom. The Morgan fingerprint density at radius 1 is 1.26 bits per heavy atom. The summed E-state index contributed by atoms with van der Waals surface area (Å²) in [6.45, 7) is 2.90. The minimum absolute atomic E-state index is 0.0303. The number of carbonyl (C=O) groups is 1. The molecule has 1 heterocycles. The largest absolute Gasteiger partial charge is 0.480 e. The summed E-state index contributed by atoms with van der Waals surface area (Å²) in [4.78, 5) is 13.8. The molecule has 23 heavy (non-hydrogen) atoms. The fraction of sp³-hybridized carbons (Fsp3) is 0.316. The maximum absolute atomic E-state index is 11.7. The molecule has 4 heteroatoms. The number of halogens is 1. The van der Waals surface area contributed by atoms with Crippen molar-refractivity contribution in [2.75, 3.05) is 6.54 Å². The van der Waals surface area contributed by atoms with Crippen molar-refractivity contribution in [3.8, 4) is 0 Å². The van der Waals surface area contributed by atoms with Gasteiger partial charge in [-0.3, -0.25) is 9.69 Å². The third-order valence-corrected chi connectivity index (χ3v) is 5.05. The van der Waals surface area contributed by atoms with Crippen LogP contribution in [0, 0.1) is 6.92 Å². The zero-order chi connectivity index (χ0) is 16.4. The van der Waals surface area contributed by atoms with Gasteiger partial charge >= 0.3 is 5.97 Å². The van der Waals surface area contributed by atoms with Crippen LogP contribution in [0.3, 0.4) is 0 Å². The summed E-state index contributed by atoms with van der Waals surface area (Å²) in [6, 6.07) is 16.0. The minimum atomic E-state index is -0.726. The molecular weight excluding hydrogens is 354 g/mol. The lowest BCUT2D eigenvalue weighted by molar-refractivity contribution is -0.142. The topological polar surface area (TPSA) is 40.5 Å². The highest BCUT2D eigenvalue weighted by Gasteiger charge is 2.37. The molecule has 1 aliphatic rings. The minimum Gasteiger partial charge on any atom is -0.480 e. The molecule has 2 unspecified atom stereocenters. The van der Waals surface area contributed by atoms with Crippen molar-refractivity contribution < 1.29 is 9.90 Å². The Hall–Kier alpha value is -1.65. The van der Waals surface area contributed by atoms with Crippen LogP contribution in [0.1, 0.15) is 35.6 Å². The summed E-state index contributed by atoms with van der Waals surface area (Å²) in [5, 5.41) is 9.60. The molecule has 2 aromatic rings. The van der Waals surface area contributed by atoms with E-state index in [0.29, 0.717) is 6.42 Å². The van der Waals surface area contributed by atoms with E-state index in [2.05, 4.69) is 52.0 Å². The molecule has 1 aliphatic heterocycles. The van der Waals surface area contributed by atoms with E-state index < -0.39 is 12.0 Å². The average Bonchev–Trinajstić information content (AvgIpc) is 2.99. The van der Waals surface area contributed by atoms with Crippen LogP contribution in [0.5, 0.6) is 0 Å². The van der Waals surface area contributed by atoms with E-state index in [1.54, 1.807) is 0 Å². The monoisotopic (exact) mass is 373 g/mol. The summed E-state index contributed by atoms with van der Waals surface area (Å²) in [5.74, 6) is -0.726. The van der Waals surface area contributed by atoms with Gasteiger partial charge in [0.1, 0.15) is 6.04 Å². The number of carboxylic acids is 1. The van der Waals surface area contributed by atoms with E-state index in [1.807, 2.05) is 24.3 Å². The van der Waals surface area contributed by atoms with Crippen LogP contribution in [0.4, 0.5) is 0 Å². The molecule has 1 fully saturated rings. The van der Waals surface area contributed by atoms with E-state index in [4.69, 9.17) is 0 Å². The average molecular weight is 374 g/mol. The number of rotatable bonds is 4. The number of hydrogen-bond acceptors (Lipinski definition) is 2. The number of carboxylic acid groups (broad SMARTS) is 1. The number of hydrogen-bond donors (Lipinski definition) is 1. The molecule has 0 saturated carbocycles. The molecule has 1 N–H and O–H groups in total. The van der Waals surface area contributed by atoms with Crippen LogP contribution in [0.2, 0.25) is 0 Å². The van der Waals surface area contributed by atoms with Gasteiger partial charge in [0.2, 0.25) is 0 Å². The van der Waals surface area contributed by atoms with Crippen molar-refractivity contribution in [3.05, 3.63) is 69.7 Å². The molecule has 1 saturated heterocycles. The molecule has 0 aliphatic carbocycles. The Balaban J connectivity index is 2.11. The highest BCUT2D eigenvalue weighted by molar-refractivity contribution is 9.10. The van der Waals surface area contributed by atoms with Crippen LogP contribution in [-0.2, 0) is 4.79 Å². The van der Waals surface area contributed by atoms with Crippen molar-refractivity contribution in [2.45, 2.75) is 31.8 Å². The van der Waals surface area contributed by atoms with Gasteiger partial charge in [-0.05, 0) is 48.6 Å². The first kappa shape index (κ1) is 16.2. The predicted octanol–water partition coefficient (Wildman–Crippen LogP) is 4.40. The summed E-state index contributed by atoms with van der Waals surface area (Å²) >= 11 is 3.54. The third kappa shape index (κ3) is 3.33. The predicted molar refractivity (Wildman–Crippen MR) is 94.5 cm³/mol. The molecule has 3 rings (SSSR count). The van der Waals surface area contributed by atoms with Gasteiger partial charge in [-0.2, -0.15) is 0 Å². The highest BCUT2D eigenvalue weighted by Crippen LogP contribution is 2.37. The zero-order valence-electron chi connectivity index (χ0n) is 13.1. The molecule has 0 amide bonds. The molecule has 2 atom stereocenters. The van der Waals surface area contributed by atoms with Gasteiger partial charge in [0.15, 0.2) is 0 Å². The Labute approximate surface area is 145 Å². The van der Waals surface area contributed by atoms with Gasteiger partial charge in [0.05, 0.1) is 6.04 Å². The summed E-state index contributed by atoms with van der Waals surface area (Å²) in [7, 11) is 0. The summed E-state index contributed by atoms with van der Waals surface area (Å²) in [5.41, 5.74) is 3.49. The Bertz CT molecular complexity index is 716. The molecule has 0 radical (unpaired) electrons. The van der Waals surface area contributed by atoms with E-state index in [-0.39, 0.29) is 6.04 Å². The third-order valence-electron chi connectivity index (χ3n) is 4.56. The van der Waals surface area contributed by atoms with Gasteiger partial charge in [-0.25, -0.2) is 0 Å². The van der Waals surface area contributed by atoms with E-state index in [0.717, 1.165) is 23.0 Å². The molecule has 0 bridgehead atoms. The first-order chi connectivity index (χ1) is 11.1. The second-order valence-electron chi connectivity index (χ2n) is 6.05. The molecule has 3 nitrogen and oxygen atoms in total. The molecule has 2 aromatic carbocycles. The molecule has 0 spiro atoms. The SMILES string of the molecule is Cc1ccccc1C(c1cccc(Br)c1)N1CCCC1C(=O)O. The van der Waals surface area contributed by atoms with Crippen molar-refractivity contribution in [2.24, 2.45) is 0 Å². The van der Waals surface area contributed by atoms with Crippen molar-refractivity contribution >= 4 is 21.9 Å². The van der Waals surface area contributed by atoms with Gasteiger partial charge < -0.3 is 5.11 Å². The summed E-state index contributed by atoms with van der Waals surface area (Å²) < 4.78 is 1.01. The number of nitrogens with zero attached hydrogens (tertiary/aromatic N) is 1. The maximum Gasteiger partial charge on any atom is 0.320 e. The standard InChI is InChI=1S/C19H20BrNO2/c1-13-6-2-3-9-16(13)18(14-7-4-8-15(20)12-14)21-11-5-10-17(21)19(22)23/h2-4,6-9,12,17-18H,5,10-11H2,1H3,(H,22,23). The van der Waals surface area contributed by atoms with Crippen LogP contribution in [-0.4, -0.2) is 28.6 Å². The zero-order valence-corrected chi connectivity index (χ0v) is 14.7. The van der Waals surface area contributed by atoms with Crippen LogP contribution in [0.15, 0.2) is 53.0 Å². The second-order valence-corrected chi connectivity index (χ2v) is 6.96. The van der Waals surface area contributed by atoms with Crippen molar-refractivity contribution in [1.29, 1.82) is 0 Å². The fourth-order valence-electron chi connectivity index (χ4n) is 3.48. The Kier molecular flexibility index (Phi) is 4.83. The van der Waals surface area contributed by atoms with Crippen LogP contribution in [0.25, 0.3) is 0 Å². The molecule has 0 aromatic heterocycles. The van der Waals surface area contributed by atoms with Gasteiger partial charge in [-0.15, -0.1) is 0 Å². The van der Waals surface area contributed by atoms with Crippen LogP contribution < -0.4 is 0 Å². The fourth-order valence-corrected chi connectivity index (χ4v) is 3.90. The first-order valence-electron chi connectivity index (χ1n) is 7.87. The smallest absolute Gasteiger partial charge is 0.320 e. The van der Waals surface area contributed by atoms with Crippen LogP contribution >= 0.6 is 15.9 Å². The lowest BCUT2D eigenvalue weighted by atomic mass is 9.93. The van der Waals surface area contributed by atoms with Gasteiger partial charge in [-0.1, -0.05) is 52.3 Å². The van der Waals surface area contributed by atoms with Crippen molar-refractivity contribution in [3.63, 3.8) is 0 Å². The molecular formula is C19H20BrNO2. The highest BCUT2D eigenvalue weighted by atomic mass is 79.9. The first-order valence-corrected chi connectivity index (χ1v) is 8.67. The lowest BCUT2D eigenvalue weighted by Crippen LogP contribution is -2.39. The number of benzene rings is 2. The Morgan fingerprint density at radius 2 is 2.04 bits per heavy atom. The van der Waals surface area contributed by atoms with Gasteiger partial charge in [0, 0.05) is 11.0 Å².